The predicted octanol–water partition coefficient (Wildman–Crippen LogP) is 2.15. The summed E-state index contributed by atoms with van der Waals surface area (Å²) >= 11 is 0. The first kappa shape index (κ1) is 17.5. The molecule has 0 aromatic heterocycles. The van der Waals surface area contributed by atoms with Crippen LogP contribution in [-0.4, -0.2) is 38.5 Å². The van der Waals surface area contributed by atoms with Gasteiger partial charge < -0.3 is 20.5 Å². The normalized spacial score (nSPS) is 12.1. The van der Waals surface area contributed by atoms with Gasteiger partial charge in [-0.1, -0.05) is 42.5 Å². The number of ether oxygens (including phenoxy) is 1. The van der Waals surface area contributed by atoms with Crippen LogP contribution in [0.3, 0.4) is 0 Å². The Morgan fingerprint density at radius 3 is 2.35 bits per heavy atom. The molecule has 0 heterocycles. The maximum atomic E-state index is 8.80. The van der Waals surface area contributed by atoms with Gasteiger partial charge in [0.1, 0.15) is 5.75 Å². The molecule has 1 atom stereocenters. The van der Waals surface area contributed by atoms with E-state index in [0.29, 0.717) is 6.54 Å². The first-order valence-electron chi connectivity index (χ1n) is 8.06. The van der Waals surface area contributed by atoms with E-state index in [0.717, 1.165) is 25.3 Å². The fraction of sp³-hybridized carbons (Fsp3) is 0.368. The summed E-state index contributed by atoms with van der Waals surface area (Å²) in [4.78, 5) is 0. The van der Waals surface area contributed by atoms with Crippen molar-refractivity contribution in [2.24, 2.45) is 0 Å². The minimum atomic E-state index is 0.173. The lowest BCUT2D eigenvalue weighted by atomic mass is 9.98. The lowest BCUT2D eigenvalue weighted by Gasteiger charge is -2.20. The SMILES string of the molecule is COc1ccc([C@@H](Cc2ccccc2)NCCNCCO)cc1. The Bertz CT molecular complexity index is 543. The zero-order chi connectivity index (χ0) is 16.3. The Morgan fingerprint density at radius 1 is 0.957 bits per heavy atom. The van der Waals surface area contributed by atoms with Crippen LogP contribution in [0.2, 0.25) is 0 Å². The van der Waals surface area contributed by atoms with Gasteiger partial charge in [0.25, 0.3) is 0 Å². The number of hydrogen-bond acceptors (Lipinski definition) is 4. The highest BCUT2D eigenvalue weighted by Crippen LogP contribution is 2.21. The van der Waals surface area contributed by atoms with E-state index in [1.807, 2.05) is 18.2 Å². The average molecular weight is 314 g/mol. The van der Waals surface area contributed by atoms with Crippen LogP contribution in [0, 0.1) is 0 Å². The van der Waals surface area contributed by atoms with E-state index < -0.39 is 0 Å². The molecular weight excluding hydrogens is 288 g/mol. The number of benzene rings is 2. The maximum Gasteiger partial charge on any atom is 0.118 e. The molecule has 0 bridgehead atoms. The van der Waals surface area contributed by atoms with Crippen LogP contribution in [0.25, 0.3) is 0 Å². The standard InChI is InChI=1S/C19H26N2O2/c1-23-18-9-7-17(8-10-18)19(21-12-11-20-13-14-22)15-16-5-3-2-4-6-16/h2-10,19-22H,11-15H2,1H3/t19-/m1/s1. The number of aliphatic hydroxyl groups is 1. The van der Waals surface area contributed by atoms with E-state index >= 15 is 0 Å². The second-order valence-electron chi connectivity index (χ2n) is 5.44. The minimum absolute atomic E-state index is 0.173. The Labute approximate surface area is 138 Å². The van der Waals surface area contributed by atoms with Gasteiger partial charge in [-0.05, 0) is 29.7 Å². The molecule has 124 valence electrons. The molecule has 0 saturated heterocycles. The molecule has 0 aliphatic heterocycles. The maximum absolute atomic E-state index is 8.80. The zero-order valence-corrected chi connectivity index (χ0v) is 13.7. The first-order chi connectivity index (χ1) is 11.3. The fourth-order valence-electron chi connectivity index (χ4n) is 2.53. The van der Waals surface area contributed by atoms with Gasteiger partial charge in [-0.15, -0.1) is 0 Å². The molecule has 2 rings (SSSR count). The predicted molar refractivity (Wildman–Crippen MR) is 93.8 cm³/mol. The second kappa shape index (κ2) is 10.0. The van der Waals surface area contributed by atoms with Crippen LogP contribution < -0.4 is 15.4 Å². The Kier molecular flexibility index (Phi) is 7.60. The number of aliphatic hydroxyl groups excluding tert-OH is 1. The summed E-state index contributed by atoms with van der Waals surface area (Å²) in [5, 5.41) is 15.6. The second-order valence-corrected chi connectivity index (χ2v) is 5.44. The molecule has 0 saturated carbocycles. The van der Waals surface area contributed by atoms with E-state index in [2.05, 4.69) is 47.0 Å². The molecule has 0 amide bonds. The van der Waals surface area contributed by atoms with E-state index in [1.165, 1.54) is 11.1 Å². The van der Waals surface area contributed by atoms with Gasteiger partial charge in [-0.3, -0.25) is 0 Å². The van der Waals surface area contributed by atoms with Crippen molar-refractivity contribution in [3.63, 3.8) is 0 Å². The quantitative estimate of drug-likeness (QED) is 0.588. The molecule has 0 radical (unpaired) electrons. The van der Waals surface area contributed by atoms with Crippen molar-refractivity contribution in [3.8, 4) is 5.75 Å². The average Bonchev–Trinajstić information content (AvgIpc) is 2.61. The van der Waals surface area contributed by atoms with Gasteiger partial charge in [0.05, 0.1) is 13.7 Å². The van der Waals surface area contributed by atoms with Crippen LogP contribution in [0.5, 0.6) is 5.75 Å². The molecule has 0 fully saturated rings. The van der Waals surface area contributed by atoms with Crippen LogP contribution in [0.15, 0.2) is 54.6 Å². The lowest BCUT2D eigenvalue weighted by Crippen LogP contribution is -2.32. The molecule has 4 nitrogen and oxygen atoms in total. The third-order valence-electron chi connectivity index (χ3n) is 3.78. The van der Waals surface area contributed by atoms with Crippen molar-refractivity contribution in [2.45, 2.75) is 12.5 Å². The van der Waals surface area contributed by atoms with Crippen molar-refractivity contribution in [1.29, 1.82) is 0 Å². The lowest BCUT2D eigenvalue weighted by molar-refractivity contribution is 0.292. The van der Waals surface area contributed by atoms with Gasteiger partial charge in [0.2, 0.25) is 0 Å². The zero-order valence-electron chi connectivity index (χ0n) is 13.7. The smallest absolute Gasteiger partial charge is 0.118 e. The summed E-state index contributed by atoms with van der Waals surface area (Å²) in [5.74, 6) is 0.872. The molecule has 23 heavy (non-hydrogen) atoms. The molecule has 2 aromatic rings. The molecule has 3 N–H and O–H groups in total. The van der Waals surface area contributed by atoms with Crippen molar-refractivity contribution in [1.82, 2.24) is 10.6 Å². The van der Waals surface area contributed by atoms with Gasteiger partial charge in [0.15, 0.2) is 0 Å². The fourth-order valence-corrected chi connectivity index (χ4v) is 2.53. The summed E-state index contributed by atoms with van der Waals surface area (Å²) in [6.07, 6.45) is 0.938. The molecule has 2 aromatic carbocycles. The molecule has 4 heteroatoms. The summed E-state index contributed by atoms with van der Waals surface area (Å²) in [7, 11) is 1.68. The van der Waals surface area contributed by atoms with Crippen LogP contribution in [-0.2, 0) is 6.42 Å². The number of hydrogen-bond donors (Lipinski definition) is 3. The third kappa shape index (κ3) is 6.02. The van der Waals surface area contributed by atoms with Crippen molar-refractivity contribution < 1.29 is 9.84 Å². The Hall–Kier alpha value is -1.88. The summed E-state index contributed by atoms with van der Waals surface area (Å²) in [6, 6.07) is 19.0. The molecule has 0 aliphatic carbocycles. The Morgan fingerprint density at radius 2 is 1.70 bits per heavy atom. The summed E-state index contributed by atoms with van der Waals surface area (Å²) in [6.45, 7) is 2.49. The van der Waals surface area contributed by atoms with Crippen molar-refractivity contribution >= 4 is 0 Å². The molecular formula is C19H26N2O2. The van der Waals surface area contributed by atoms with Gasteiger partial charge in [-0.2, -0.15) is 0 Å². The molecule has 0 aliphatic rings. The van der Waals surface area contributed by atoms with E-state index in [-0.39, 0.29) is 12.6 Å². The molecule has 0 unspecified atom stereocenters. The van der Waals surface area contributed by atoms with Gasteiger partial charge in [0, 0.05) is 25.7 Å². The highest BCUT2D eigenvalue weighted by Gasteiger charge is 2.11. The van der Waals surface area contributed by atoms with E-state index in [9.17, 15) is 0 Å². The highest BCUT2D eigenvalue weighted by atomic mass is 16.5. The largest absolute Gasteiger partial charge is 0.497 e. The van der Waals surface area contributed by atoms with E-state index in [4.69, 9.17) is 9.84 Å². The Balaban J connectivity index is 2.00. The minimum Gasteiger partial charge on any atom is -0.497 e. The van der Waals surface area contributed by atoms with Crippen molar-refractivity contribution in [2.75, 3.05) is 33.4 Å². The number of rotatable bonds is 10. The van der Waals surface area contributed by atoms with Crippen LogP contribution >= 0.6 is 0 Å². The summed E-state index contributed by atoms with van der Waals surface area (Å²) < 4.78 is 5.24. The van der Waals surface area contributed by atoms with Gasteiger partial charge >= 0.3 is 0 Å². The first-order valence-corrected chi connectivity index (χ1v) is 8.06. The monoisotopic (exact) mass is 314 g/mol. The topological polar surface area (TPSA) is 53.5 Å². The van der Waals surface area contributed by atoms with E-state index in [1.54, 1.807) is 7.11 Å². The number of methoxy groups -OCH3 is 1. The number of nitrogens with one attached hydrogen (secondary N) is 2. The van der Waals surface area contributed by atoms with Crippen molar-refractivity contribution in [3.05, 3.63) is 65.7 Å². The highest BCUT2D eigenvalue weighted by molar-refractivity contribution is 5.30. The van der Waals surface area contributed by atoms with Gasteiger partial charge in [-0.25, -0.2) is 0 Å². The summed E-state index contributed by atoms with van der Waals surface area (Å²) in [5.41, 5.74) is 2.56. The molecule has 0 spiro atoms. The third-order valence-corrected chi connectivity index (χ3v) is 3.78. The van der Waals surface area contributed by atoms with Crippen LogP contribution in [0.1, 0.15) is 17.2 Å². The van der Waals surface area contributed by atoms with Crippen LogP contribution in [0.4, 0.5) is 0 Å².